The van der Waals surface area contributed by atoms with Crippen molar-refractivity contribution in [3.05, 3.63) is 54.1 Å². The molecule has 0 bridgehead atoms. The van der Waals surface area contributed by atoms with Crippen LogP contribution in [0.4, 0.5) is 5.69 Å². The fourth-order valence-electron chi connectivity index (χ4n) is 2.63. The van der Waals surface area contributed by atoms with Crippen molar-refractivity contribution in [2.75, 3.05) is 18.5 Å². The van der Waals surface area contributed by atoms with Gasteiger partial charge in [-0.25, -0.2) is 0 Å². The minimum atomic E-state index is 0.190. The molecule has 0 aliphatic carbocycles. The second-order valence-corrected chi connectivity index (χ2v) is 5.22. The number of aryl methyl sites for hydroxylation is 1. The number of hydrogen-bond acceptors (Lipinski definition) is 3. The van der Waals surface area contributed by atoms with Gasteiger partial charge in [-0.2, -0.15) is 0 Å². The molecular formula is C18H21NO2. The van der Waals surface area contributed by atoms with Crippen LogP contribution in [0.5, 0.6) is 11.5 Å². The molecule has 0 amide bonds. The topological polar surface area (TPSA) is 30.5 Å². The van der Waals surface area contributed by atoms with Crippen molar-refractivity contribution in [1.82, 2.24) is 0 Å². The van der Waals surface area contributed by atoms with Crippen LogP contribution in [-0.2, 0) is 6.42 Å². The standard InChI is InChI=1S/C18H21NO2/c1-2-20-15-9-11-16(12-10-15)21-17-8-7-14-5-3-4-6-18(14)19-13-17/h3-6,9-12,17,19H,2,7-8,13H2,1H3. The fraction of sp³-hybridized carbons (Fsp3) is 0.333. The Morgan fingerprint density at radius 2 is 1.81 bits per heavy atom. The number of benzene rings is 2. The lowest BCUT2D eigenvalue weighted by atomic mass is 10.1. The molecule has 2 aromatic rings. The lowest BCUT2D eigenvalue weighted by molar-refractivity contribution is 0.206. The summed E-state index contributed by atoms with van der Waals surface area (Å²) in [6, 6.07) is 16.3. The summed E-state index contributed by atoms with van der Waals surface area (Å²) in [7, 11) is 0. The largest absolute Gasteiger partial charge is 0.494 e. The van der Waals surface area contributed by atoms with E-state index in [0.717, 1.165) is 30.9 Å². The lowest BCUT2D eigenvalue weighted by Crippen LogP contribution is -2.24. The Balaban J connectivity index is 1.61. The fourth-order valence-corrected chi connectivity index (χ4v) is 2.63. The Bertz CT molecular complexity index is 553. The summed E-state index contributed by atoms with van der Waals surface area (Å²) < 4.78 is 11.5. The van der Waals surface area contributed by atoms with Crippen molar-refractivity contribution in [1.29, 1.82) is 0 Å². The van der Waals surface area contributed by atoms with Crippen molar-refractivity contribution >= 4 is 5.69 Å². The van der Waals surface area contributed by atoms with E-state index in [1.54, 1.807) is 0 Å². The van der Waals surface area contributed by atoms with Crippen LogP contribution in [0.25, 0.3) is 0 Å². The summed E-state index contributed by atoms with van der Waals surface area (Å²) in [5.41, 5.74) is 2.60. The highest BCUT2D eigenvalue weighted by atomic mass is 16.5. The molecular weight excluding hydrogens is 262 g/mol. The van der Waals surface area contributed by atoms with Gasteiger partial charge in [-0.1, -0.05) is 18.2 Å². The van der Waals surface area contributed by atoms with Crippen LogP contribution < -0.4 is 14.8 Å². The van der Waals surface area contributed by atoms with E-state index in [0.29, 0.717) is 6.61 Å². The van der Waals surface area contributed by atoms with E-state index in [4.69, 9.17) is 9.47 Å². The molecule has 2 aromatic carbocycles. The maximum Gasteiger partial charge on any atom is 0.120 e. The number of rotatable bonds is 4. The van der Waals surface area contributed by atoms with Crippen LogP contribution in [0, 0.1) is 0 Å². The third kappa shape index (κ3) is 3.48. The molecule has 0 saturated carbocycles. The van der Waals surface area contributed by atoms with Gasteiger partial charge in [-0.3, -0.25) is 0 Å². The number of para-hydroxylation sites is 1. The number of nitrogens with one attached hydrogen (secondary N) is 1. The second-order valence-electron chi connectivity index (χ2n) is 5.22. The maximum absolute atomic E-state index is 6.08. The zero-order valence-corrected chi connectivity index (χ0v) is 12.3. The van der Waals surface area contributed by atoms with E-state index in [9.17, 15) is 0 Å². The number of hydrogen-bond donors (Lipinski definition) is 1. The molecule has 0 radical (unpaired) electrons. The molecule has 1 unspecified atom stereocenters. The molecule has 1 aliphatic rings. The van der Waals surface area contributed by atoms with Crippen LogP contribution in [-0.4, -0.2) is 19.3 Å². The highest BCUT2D eigenvalue weighted by Crippen LogP contribution is 2.24. The molecule has 0 saturated heterocycles. The molecule has 0 fully saturated rings. The molecule has 1 heterocycles. The van der Waals surface area contributed by atoms with E-state index in [1.807, 2.05) is 31.2 Å². The van der Waals surface area contributed by atoms with E-state index in [2.05, 4.69) is 29.6 Å². The minimum Gasteiger partial charge on any atom is -0.494 e. The van der Waals surface area contributed by atoms with Crippen LogP contribution in [0.2, 0.25) is 0 Å². The van der Waals surface area contributed by atoms with Gasteiger partial charge in [0.25, 0.3) is 0 Å². The second kappa shape index (κ2) is 6.53. The molecule has 3 heteroatoms. The average molecular weight is 283 g/mol. The van der Waals surface area contributed by atoms with E-state index < -0.39 is 0 Å². The van der Waals surface area contributed by atoms with Crippen LogP contribution in [0.1, 0.15) is 18.9 Å². The van der Waals surface area contributed by atoms with Crippen molar-refractivity contribution in [2.45, 2.75) is 25.9 Å². The predicted octanol–water partition coefficient (Wildman–Crippen LogP) is 3.89. The predicted molar refractivity (Wildman–Crippen MR) is 85.3 cm³/mol. The monoisotopic (exact) mass is 283 g/mol. The maximum atomic E-state index is 6.08. The zero-order valence-electron chi connectivity index (χ0n) is 12.3. The first-order chi connectivity index (χ1) is 10.3. The first-order valence-corrected chi connectivity index (χ1v) is 7.56. The van der Waals surface area contributed by atoms with Crippen molar-refractivity contribution < 1.29 is 9.47 Å². The molecule has 1 N–H and O–H groups in total. The smallest absolute Gasteiger partial charge is 0.120 e. The van der Waals surface area contributed by atoms with Gasteiger partial charge in [-0.15, -0.1) is 0 Å². The van der Waals surface area contributed by atoms with Crippen LogP contribution >= 0.6 is 0 Å². The molecule has 1 aliphatic heterocycles. The van der Waals surface area contributed by atoms with Crippen molar-refractivity contribution in [3.8, 4) is 11.5 Å². The summed E-state index contributed by atoms with van der Waals surface area (Å²) in [5.74, 6) is 1.78. The Morgan fingerprint density at radius 3 is 2.62 bits per heavy atom. The summed E-state index contributed by atoms with van der Waals surface area (Å²) in [6.07, 6.45) is 2.26. The normalized spacial score (nSPS) is 17.3. The third-order valence-electron chi connectivity index (χ3n) is 3.71. The number of ether oxygens (including phenoxy) is 2. The van der Waals surface area contributed by atoms with Gasteiger partial charge in [0.2, 0.25) is 0 Å². The van der Waals surface area contributed by atoms with Gasteiger partial charge in [0, 0.05) is 5.69 Å². The van der Waals surface area contributed by atoms with Gasteiger partial charge in [0.15, 0.2) is 0 Å². The third-order valence-corrected chi connectivity index (χ3v) is 3.71. The van der Waals surface area contributed by atoms with Gasteiger partial charge in [0.1, 0.15) is 17.6 Å². The Morgan fingerprint density at radius 1 is 1.05 bits per heavy atom. The van der Waals surface area contributed by atoms with Crippen molar-refractivity contribution in [2.24, 2.45) is 0 Å². The van der Waals surface area contributed by atoms with Crippen molar-refractivity contribution in [3.63, 3.8) is 0 Å². The number of anilines is 1. The molecule has 3 rings (SSSR count). The highest BCUT2D eigenvalue weighted by molar-refractivity contribution is 5.52. The average Bonchev–Trinajstić information content (AvgIpc) is 2.72. The molecule has 1 atom stereocenters. The molecule has 21 heavy (non-hydrogen) atoms. The quantitative estimate of drug-likeness (QED) is 0.923. The molecule has 0 spiro atoms. The van der Waals surface area contributed by atoms with Gasteiger partial charge in [-0.05, 0) is 55.7 Å². The SMILES string of the molecule is CCOc1ccc(OC2CCc3ccccc3NC2)cc1. The van der Waals surface area contributed by atoms with Gasteiger partial charge >= 0.3 is 0 Å². The van der Waals surface area contributed by atoms with Gasteiger partial charge in [0.05, 0.1) is 13.2 Å². The highest BCUT2D eigenvalue weighted by Gasteiger charge is 2.16. The Kier molecular flexibility index (Phi) is 4.29. The van der Waals surface area contributed by atoms with E-state index >= 15 is 0 Å². The van der Waals surface area contributed by atoms with E-state index in [-0.39, 0.29) is 6.10 Å². The number of fused-ring (bicyclic) bond motifs is 1. The molecule has 110 valence electrons. The summed E-state index contributed by atoms with van der Waals surface area (Å²) >= 11 is 0. The van der Waals surface area contributed by atoms with Gasteiger partial charge < -0.3 is 14.8 Å². The van der Waals surface area contributed by atoms with Crippen LogP contribution in [0.15, 0.2) is 48.5 Å². The zero-order chi connectivity index (χ0) is 14.5. The van der Waals surface area contributed by atoms with E-state index in [1.165, 1.54) is 11.3 Å². The summed E-state index contributed by atoms with van der Waals surface area (Å²) in [5, 5.41) is 3.48. The first-order valence-electron chi connectivity index (χ1n) is 7.56. The van der Waals surface area contributed by atoms with Crippen LogP contribution in [0.3, 0.4) is 0 Å². The first kappa shape index (κ1) is 13.8. The summed E-state index contributed by atoms with van der Waals surface area (Å²) in [6.45, 7) is 3.51. The minimum absolute atomic E-state index is 0.190. The lowest BCUT2D eigenvalue weighted by Gasteiger charge is -2.17. The Labute approximate surface area is 125 Å². The molecule has 0 aromatic heterocycles. The molecule has 3 nitrogen and oxygen atoms in total. The summed E-state index contributed by atoms with van der Waals surface area (Å²) in [4.78, 5) is 0. The Hall–Kier alpha value is -2.16.